The SMILES string of the molecule is Cc1ccc(S(=O)(=O)N(CC(=O)N/N=C\c2ccc(Br)cc2)c2cccc(Cl)c2)cc1. The highest BCUT2D eigenvalue weighted by Gasteiger charge is 2.27. The average Bonchev–Trinajstić information content (AvgIpc) is 2.73. The Morgan fingerprint density at radius 2 is 1.77 bits per heavy atom. The summed E-state index contributed by atoms with van der Waals surface area (Å²) in [4.78, 5) is 12.6. The minimum absolute atomic E-state index is 0.0734. The molecule has 0 aliphatic rings. The van der Waals surface area contributed by atoms with Gasteiger partial charge in [-0.3, -0.25) is 9.10 Å². The van der Waals surface area contributed by atoms with E-state index in [-0.39, 0.29) is 10.6 Å². The molecule has 0 saturated carbocycles. The van der Waals surface area contributed by atoms with Crippen LogP contribution >= 0.6 is 27.5 Å². The van der Waals surface area contributed by atoms with Crippen molar-refractivity contribution in [2.24, 2.45) is 5.10 Å². The van der Waals surface area contributed by atoms with Crippen LogP contribution < -0.4 is 9.73 Å². The van der Waals surface area contributed by atoms with Crippen LogP contribution in [0.25, 0.3) is 0 Å². The van der Waals surface area contributed by atoms with Gasteiger partial charge in [0.2, 0.25) is 0 Å². The number of nitrogens with one attached hydrogen (secondary N) is 1. The van der Waals surface area contributed by atoms with Gasteiger partial charge in [-0.25, -0.2) is 13.8 Å². The molecule has 6 nitrogen and oxygen atoms in total. The first-order chi connectivity index (χ1) is 14.8. The zero-order valence-electron chi connectivity index (χ0n) is 16.5. The Hall–Kier alpha value is -2.68. The second kappa shape index (κ2) is 10.1. The summed E-state index contributed by atoms with van der Waals surface area (Å²) in [6, 6.07) is 20.1. The largest absolute Gasteiger partial charge is 0.271 e. The first-order valence-corrected chi connectivity index (χ1v) is 11.8. The van der Waals surface area contributed by atoms with Crippen LogP contribution in [0.4, 0.5) is 5.69 Å². The molecule has 1 amide bonds. The zero-order chi connectivity index (χ0) is 22.4. The minimum Gasteiger partial charge on any atom is -0.271 e. The van der Waals surface area contributed by atoms with Crippen molar-refractivity contribution in [2.45, 2.75) is 11.8 Å². The van der Waals surface area contributed by atoms with Crippen LogP contribution in [0, 0.1) is 6.92 Å². The average molecular weight is 521 g/mol. The number of hydrogen-bond acceptors (Lipinski definition) is 4. The molecule has 0 bridgehead atoms. The van der Waals surface area contributed by atoms with Crippen LogP contribution in [0.15, 0.2) is 87.3 Å². The Balaban J connectivity index is 1.83. The molecule has 0 aliphatic heterocycles. The van der Waals surface area contributed by atoms with Gasteiger partial charge in [-0.2, -0.15) is 5.10 Å². The number of anilines is 1. The van der Waals surface area contributed by atoms with Gasteiger partial charge >= 0.3 is 0 Å². The number of carbonyl (C=O) groups excluding carboxylic acids is 1. The normalized spacial score (nSPS) is 11.5. The number of benzene rings is 3. The van der Waals surface area contributed by atoms with Crippen molar-refractivity contribution in [3.63, 3.8) is 0 Å². The van der Waals surface area contributed by atoms with E-state index in [9.17, 15) is 13.2 Å². The van der Waals surface area contributed by atoms with Gasteiger partial charge in [-0.1, -0.05) is 63.4 Å². The van der Waals surface area contributed by atoms with Crippen molar-refractivity contribution >= 4 is 55.4 Å². The van der Waals surface area contributed by atoms with E-state index in [0.717, 1.165) is 19.9 Å². The predicted molar refractivity (Wildman–Crippen MR) is 127 cm³/mol. The highest BCUT2D eigenvalue weighted by Crippen LogP contribution is 2.26. The molecule has 3 aromatic carbocycles. The maximum Gasteiger partial charge on any atom is 0.264 e. The molecule has 0 atom stereocenters. The van der Waals surface area contributed by atoms with Gasteiger partial charge in [0.15, 0.2) is 0 Å². The van der Waals surface area contributed by atoms with Gasteiger partial charge in [0.05, 0.1) is 16.8 Å². The molecular weight excluding hydrogens is 502 g/mol. The fourth-order valence-corrected chi connectivity index (χ4v) is 4.54. The van der Waals surface area contributed by atoms with Crippen LogP contribution in [0.2, 0.25) is 5.02 Å². The standard InChI is InChI=1S/C22H19BrClN3O3S/c1-16-5-11-21(12-6-16)31(29,30)27(20-4-2-3-19(24)13-20)15-22(28)26-25-14-17-7-9-18(23)10-8-17/h2-14H,15H2,1H3,(H,26,28)/b25-14-. The first-order valence-electron chi connectivity index (χ1n) is 9.18. The third-order valence-electron chi connectivity index (χ3n) is 4.27. The van der Waals surface area contributed by atoms with Gasteiger partial charge in [0, 0.05) is 9.50 Å². The molecule has 3 rings (SSSR count). The van der Waals surface area contributed by atoms with E-state index in [1.807, 2.05) is 31.2 Å². The number of aryl methyl sites for hydroxylation is 1. The van der Waals surface area contributed by atoms with Crippen molar-refractivity contribution in [1.82, 2.24) is 5.43 Å². The molecule has 0 radical (unpaired) electrons. The summed E-state index contributed by atoms with van der Waals surface area (Å²) >= 11 is 9.40. The summed E-state index contributed by atoms with van der Waals surface area (Å²) in [6.45, 7) is 1.40. The summed E-state index contributed by atoms with van der Waals surface area (Å²) in [5.41, 5.74) is 4.36. The van der Waals surface area contributed by atoms with Crippen molar-refractivity contribution in [3.8, 4) is 0 Å². The highest BCUT2D eigenvalue weighted by molar-refractivity contribution is 9.10. The van der Waals surface area contributed by atoms with Crippen molar-refractivity contribution < 1.29 is 13.2 Å². The molecule has 31 heavy (non-hydrogen) atoms. The summed E-state index contributed by atoms with van der Waals surface area (Å²) in [5.74, 6) is -0.593. The molecule has 0 aliphatic carbocycles. The van der Waals surface area contributed by atoms with Gasteiger partial charge < -0.3 is 0 Å². The van der Waals surface area contributed by atoms with Crippen LogP contribution in [-0.4, -0.2) is 27.1 Å². The van der Waals surface area contributed by atoms with Crippen LogP contribution in [0.5, 0.6) is 0 Å². The van der Waals surface area contributed by atoms with Crippen LogP contribution in [-0.2, 0) is 14.8 Å². The molecule has 160 valence electrons. The van der Waals surface area contributed by atoms with E-state index < -0.39 is 22.5 Å². The predicted octanol–water partition coefficient (Wildman–Crippen LogP) is 4.76. The van der Waals surface area contributed by atoms with Crippen LogP contribution in [0.1, 0.15) is 11.1 Å². The molecule has 0 fully saturated rings. The fourth-order valence-electron chi connectivity index (χ4n) is 2.68. The van der Waals surface area contributed by atoms with Crippen molar-refractivity contribution in [3.05, 3.63) is 93.4 Å². The van der Waals surface area contributed by atoms with E-state index >= 15 is 0 Å². The number of halogens is 2. The number of carbonyl (C=O) groups is 1. The molecule has 1 N–H and O–H groups in total. The monoisotopic (exact) mass is 519 g/mol. The Morgan fingerprint density at radius 3 is 2.42 bits per heavy atom. The van der Waals surface area contributed by atoms with Crippen LogP contribution in [0.3, 0.4) is 0 Å². The first kappa shape index (κ1) is 23.0. The molecule has 9 heteroatoms. The lowest BCUT2D eigenvalue weighted by atomic mass is 10.2. The topological polar surface area (TPSA) is 78.8 Å². The number of sulfonamides is 1. The van der Waals surface area contributed by atoms with Gasteiger partial charge in [-0.05, 0) is 55.0 Å². The summed E-state index contributed by atoms with van der Waals surface area (Å²) in [5, 5.41) is 4.27. The summed E-state index contributed by atoms with van der Waals surface area (Å²) < 4.78 is 28.5. The smallest absolute Gasteiger partial charge is 0.264 e. The number of nitrogens with zero attached hydrogens (tertiary/aromatic N) is 2. The van der Waals surface area contributed by atoms with Gasteiger partial charge in [0.25, 0.3) is 15.9 Å². The van der Waals surface area contributed by atoms with Crippen molar-refractivity contribution in [1.29, 1.82) is 0 Å². The van der Waals surface area contributed by atoms with E-state index in [2.05, 4.69) is 26.5 Å². The highest BCUT2D eigenvalue weighted by atomic mass is 79.9. The second-order valence-electron chi connectivity index (χ2n) is 6.65. The Bertz CT molecular complexity index is 1200. The van der Waals surface area contributed by atoms with Gasteiger partial charge in [-0.15, -0.1) is 0 Å². The van der Waals surface area contributed by atoms with E-state index in [1.165, 1.54) is 24.4 Å². The Labute approximate surface area is 194 Å². The lowest BCUT2D eigenvalue weighted by molar-refractivity contribution is -0.119. The second-order valence-corrected chi connectivity index (χ2v) is 9.86. The Kier molecular flexibility index (Phi) is 7.48. The van der Waals surface area contributed by atoms with E-state index in [4.69, 9.17) is 11.6 Å². The quantitative estimate of drug-likeness (QED) is 0.360. The third kappa shape index (κ3) is 6.16. The zero-order valence-corrected chi connectivity index (χ0v) is 19.7. The summed E-state index contributed by atoms with van der Waals surface area (Å²) in [6.07, 6.45) is 1.47. The third-order valence-corrected chi connectivity index (χ3v) is 6.82. The van der Waals surface area contributed by atoms with E-state index in [0.29, 0.717) is 5.02 Å². The minimum atomic E-state index is -4.01. The number of amides is 1. The molecule has 0 unspecified atom stereocenters. The number of hydrazone groups is 1. The summed E-state index contributed by atoms with van der Waals surface area (Å²) in [7, 11) is -4.01. The Morgan fingerprint density at radius 1 is 1.10 bits per heavy atom. The maximum atomic E-state index is 13.3. The lowest BCUT2D eigenvalue weighted by Crippen LogP contribution is -2.39. The fraction of sp³-hybridized carbons (Fsp3) is 0.0909. The number of hydrogen-bond donors (Lipinski definition) is 1. The molecule has 0 saturated heterocycles. The molecule has 0 spiro atoms. The maximum absolute atomic E-state index is 13.3. The molecular formula is C22H19BrClN3O3S. The van der Waals surface area contributed by atoms with E-state index in [1.54, 1.807) is 30.3 Å². The lowest BCUT2D eigenvalue weighted by Gasteiger charge is -2.24. The molecule has 3 aromatic rings. The molecule has 0 heterocycles. The number of rotatable bonds is 7. The van der Waals surface area contributed by atoms with Gasteiger partial charge in [0.1, 0.15) is 6.54 Å². The molecule has 0 aromatic heterocycles. The van der Waals surface area contributed by atoms with Crippen molar-refractivity contribution in [2.75, 3.05) is 10.8 Å².